The first-order valence-electron chi connectivity index (χ1n) is 10.3. The molecule has 8 heteroatoms. The van der Waals surface area contributed by atoms with Crippen LogP contribution in [0, 0.1) is 5.82 Å². The predicted molar refractivity (Wildman–Crippen MR) is 119 cm³/mol. The van der Waals surface area contributed by atoms with Crippen LogP contribution in [0.15, 0.2) is 57.5 Å². The van der Waals surface area contributed by atoms with Crippen LogP contribution in [0.25, 0.3) is 11.4 Å². The van der Waals surface area contributed by atoms with Crippen LogP contribution in [-0.2, 0) is 4.79 Å². The highest BCUT2D eigenvalue weighted by molar-refractivity contribution is 9.10. The summed E-state index contributed by atoms with van der Waals surface area (Å²) in [5.74, 6) is 0.624. The molecule has 2 aromatic carbocycles. The van der Waals surface area contributed by atoms with Crippen molar-refractivity contribution in [1.29, 1.82) is 0 Å². The number of piperidine rings is 1. The average Bonchev–Trinajstić information content (AvgIpc) is 3.25. The lowest BCUT2D eigenvalue weighted by Crippen LogP contribution is -2.42. The first-order valence-corrected chi connectivity index (χ1v) is 11.1. The number of nitrogens with zero attached hydrogens (tertiary/aromatic N) is 3. The Bertz CT molecular complexity index is 1040. The van der Waals surface area contributed by atoms with Crippen LogP contribution in [0.2, 0.25) is 0 Å². The Morgan fingerprint density at radius 3 is 2.90 bits per heavy atom. The Kier molecular flexibility index (Phi) is 6.77. The van der Waals surface area contributed by atoms with Gasteiger partial charge in [-0.3, -0.25) is 9.69 Å². The van der Waals surface area contributed by atoms with Crippen molar-refractivity contribution in [3.63, 3.8) is 0 Å². The summed E-state index contributed by atoms with van der Waals surface area (Å²) in [5.41, 5.74) is 1.65. The van der Waals surface area contributed by atoms with Crippen molar-refractivity contribution in [2.45, 2.75) is 31.7 Å². The molecule has 1 fully saturated rings. The highest BCUT2D eigenvalue weighted by Crippen LogP contribution is 2.27. The lowest BCUT2D eigenvalue weighted by Gasteiger charge is -2.30. The highest BCUT2D eigenvalue weighted by Gasteiger charge is 2.27. The molecule has 3 aromatic rings. The van der Waals surface area contributed by atoms with E-state index in [1.165, 1.54) is 12.1 Å². The van der Waals surface area contributed by atoms with Gasteiger partial charge >= 0.3 is 0 Å². The van der Waals surface area contributed by atoms with Crippen molar-refractivity contribution in [2.75, 3.05) is 19.6 Å². The second-order valence-electron chi connectivity index (χ2n) is 7.88. The topological polar surface area (TPSA) is 71.3 Å². The molecular formula is C23H24BrFN4O2. The summed E-state index contributed by atoms with van der Waals surface area (Å²) in [7, 11) is 0. The first-order chi connectivity index (χ1) is 15.0. The number of hydrogen-bond acceptors (Lipinski definition) is 5. The molecule has 1 N–H and O–H groups in total. The normalized spacial score (nSPS) is 18.0. The van der Waals surface area contributed by atoms with Gasteiger partial charge in [-0.25, -0.2) is 4.39 Å². The minimum Gasteiger partial charge on any atom is -0.348 e. The molecule has 31 heavy (non-hydrogen) atoms. The molecule has 0 spiro atoms. The lowest BCUT2D eigenvalue weighted by molar-refractivity contribution is -0.123. The third-order valence-corrected chi connectivity index (χ3v) is 6.02. The van der Waals surface area contributed by atoms with Crippen LogP contribution >= 0.6 is 15.9 Å². The number of hydrogen-bond donors (Lipinski definition) is 1. The molecular weight excluding hydrogens is 463 g/mol. The van der Waals surface area contributed by atoms with E-state index >= 15 is 0 Å². The van der Waals surface area contributed by atoms with E-state index in [9.17, 15) is 9.18 Å². The Morgan fingerprint density at radius 2 is 2.13 bits per heavy atom. The number of halogens is 2. The summed E-state index contributed by atoms with van der Waals surface area (Å²) in [6, 6.07) is 14.0. The van der Waals surface area contributed by atoms with Crippen molar-refractivity contribution < 1.29 is 13.7 Å². The molecule has 0 radical (unpaired) electrons. The zero-order valence-electron chi connectivity index (χ0n) is 17.2. The van der Waals surface area contributed by atoms with E-state index in [0.717, 1.165) is 29.4 Å². The Balaban J connectivity index is 1.34. The van der Waals surface area contributed by atoms with Crippen LogP contribution in [0.1, 0.15) is 43.2 Å². The standard InChI is InChI=1S/C23H24BrFN4O2/c1-15(16-7-9-19(24)10-8-16)26-21(30)14-29-11-3-5-18(13-29)23-27-22(28-31-23)17-4-2-6-20(25)12-17/h2,4,6-10,12,15,18H,3,5,11,13-14H2,1H3,(H,26,30). The largest absolute Gasteiger partial charge is 0.348 e. The number of benzene rings is 2. The monoisotopic (exact) mass is 486 g/mol. The molecule has 6 nitrogen and oxygen atoms in total. The van der Waals surface area contributed by atoms with E-state index in [4.69, 9.17) is 4.52 Å². The molecule has 0 bridgehead atoms. The first kappa shape index (κ1) is 21.6. The summed E-state index contributed by atoms with van der Waals surface area (Å²) in [6.07, 6.45) is 1.86. The van der Waals surface area contributed by atoms with Gasteiger partial charge in [0.2, 0.25) is 17.6 Å². The highest BCUT2D eigenvalue weighted by atomic mass is 79.9. The zero-order valence-corrected chi connectivity index (χ0v) is 18.8. The molecule has 1 saturated heterocycles. The van der Waals surface area contributed by atoms with Crippen molar-refractivity contribution >= 4 is 21.8 Å². The fourth-order valence-electron chi connectivity index (χ4n) is 3.87. The summed E-state index contributed by atoms with van der Waals surface area (Å²) in [5, 5.41) is 7.08. The molecule has 1 aliphatic rings. The Morgan fingerprint density at radius 1 is 1.32 bits per heavy atom. The van der Waals surface area contributed by atoms with Crippen molar-refractivity contribution in [3.8, 4) is 11.4 Å². The smallest absolute Gasteiger partial charge is 0.234 e. The van der Waals surface area contributed by atoms with Gasteiger partial charge in [0.25, 0.3) is 0 Å². The molecule has 0 saturated carbocycles. The zero-order chi connectivity index (χ0) is 21.8. The van der Waals surface area contributed by atoms with Crippen molar-refractivity contribution in [3.05, 3.63) is 70.3 Å². The van der Waals surface area contributed by atoms with Gasteiger partial charge in [-0.15, -0.1) is 0 Å². The number of nitrogens with one attached hydrogen (secondary N) is 1. The third kappa shape index (κ3) is 5.57. The summed E-state index contributed by atoms with van der Waals surface area (Å²) in [4.78, 5) is 19.2. The number of rotatable bonds is 6. The van der Waals surface area contributed by atoms with E-state index < -0.39 is 0 Å². The lowest BCUT2D eigenvalue weighted by atomic mass is 9.98. The van der Waals surface area contributed by atoms with Crippen molar-refractivity contribution in [2.24, 2.45) is 0 Å². The van der Waals surface area contributed by atoms with Gasteiger partial charge in [-0.05, 0) is 56.1 Å². The van der Waals surface area contributed by atoms with Gasteiger partial charge in [-0.1, -0.05) is 45.4 Å². The maximum Gasteiger partial charge on any atom is 0.234 e. The minimum atomic E-state index is -0.337. The molecule has 0 aliphatic carbocycles. The van der Waals surface area contributed by atoms with Crippen LogP contribution in [0.4, 0.5) is 4.39 Å². The predicted octanol–water partition coefficient (Wildman–Crippen LogP) is 4.70. The number of carbonyl (C=O) groups is 1. The number of amides is 1. The average molecular weight is 487 g/mol. The number of carbonyl (C=O) groups excluding carboxylic acids is 1. The molecule has 4 rings (SSSR count). The summed E-state index contributed by atoms with van der Waals surface area (Å²) < 4.78 is 19.9. The minimum absolute atomic E-state index is 0.0120. The SMILES string of the molecule is CC(NC(=O)CN1CCCC(c2nc(-c3cccc(F)c3)no2)C1)c1ccc(Br)cc1. The number of likely N-dealkylation sites (tertiary alicyclic amines) is 1. The van der Waals surface area contributed by atoms with Gasteiger partial charge in [0.05, 0.1) is 18.5 Å². The van der Waals surface area contributed by atoms with Crippen LogP contribution < -0.4 is 5.32 Å². The van der Waals surface area contributed by atoms with E-state index in [-0.39, 0.29) is 23.7 Å². The fraction of sp³-hybridized carbons (Fsp3) is 0.348. The number of aromatic nitrogens is 2. The van der Waals surface area contributed by atoms with Crippen molar-refractivity contribution in [1.82, 2.24) is 20.4 Å². The second-order valence-corrected chi connectivity index (χ2v) is 8.80. The molecule has 1 aromatic heterocycles. The quantitative estimate of drug-likeness (QED) is 0.546. The van der Waals surface area contributed by atoms with Crippen LogP contribution in [0.5, 0.6) is 0 Å². The summed E-state index contributed by atoms with van der Waals surface area (Å²) >= 11 is 3.43. The van der Waals surface area contributed by atoms with Gasteiger partial charge in [0.15, 0.2) is 0 Å². The second kappa shape index (κ2) is 9.70. The maximum atomic E-state index is 13.5. The van der Waals surface area contributed by atoms with Crippen LogP contribution in [0.3, 0.4) is 0 Å². The third-order valence-electron chi connectivity index (χ3n) is 5.49. The fourth-order valence-corrected chi connectivity index (χ4v) is 4.14. The molecule has 2 unspecified atom stereocenters. The van der Waals surface area contributed by atoms with Gasteiger partial charge in [-0.2, -0.15) is 4.98 Å². The Hall–Kier alpha value is -2.58. The van der Waals surface area contributed by atoms with Gasteiger partial charge < -0.3 is 9.84 Å². The van der Waals surface area contributed by atoms with E-state index in [1.54, 1.807) is 12.1 Å². The molecule has 2 atom stereocenters. The molecule has 1 aliphatic heterocycles. The molecule has 162 valence electrons. The van der Waals surface area contributed by atoms with Gasteiger partial charge in [0, 0.05) is 16.6 Å². The summed E-state index contributed by atoms with van der Waals surface area (Å²) in [6.45, 7) is 3.82. The van der Waals surface area contributed by atoms with E-state index in [0.29, 0.717) is 30.4 Å². The van der Waals surface area contributed by atoms with Crippen LogP contribution in [-0.4, -0.2) is 40.6 Å². The Labute approximate surface area is 189 Å². The van der Waals surface area contributed by atoms with Gasteiger partial charge in [0.1, 0.15) is 5.82 Å². The van der Waals surface area contributed by atoms with E-state index in [1.807, 2.05) is 31.2 Å². The van der Waals surface area contributed by atoms with E-state index in [2.05, 4.69) is 36.3 Å². The molecule has 1 amide bonds. The molecule has 2 heterocycles. The maximum absolute atomic E-state index is 13.5.